The maximum absolute atomic E-state index is 13.0. The van der Waals surface area contributed by atoms with Crippen LogP contribution in [0.1, 0.15) is 28.9 Å². The monoisotopic (exact) mass is 495 g/mol. The van der Waals surface area contributed by atoms with Gasteiger partial charge in [-0.1, -0.05) is 17.7 Å². The van der Waals surface area contributed by atoms with Crippen molar-refractivity contribution in [2.45, 2.75) is 25.4 Å². The lowest BCUT2D eigenvalue weighted by Crippen LogP contribution is -2.37. The van der Waals surface area contributed by atoms with E-state index in [1.807, 2.05) is 11.0 Å². The number of aliphatic hydroxyl groups is 1. The van der Waals surface area contributed by atoms with Crippen molar-refractivity contribution in [3.05, 3.63) is 63.2 Å². The van der Waals surface area contributed by atoms with Gasteiger partial charge in [-0.05, 0) is 43.0 Å². The van der Waals surface area contributed by atoms with Crippen molar-refractivity contribution in [3.8, 4) is 17.1 Å². The number of nitrogens with zero attached hydrogens (tertiary/aromatic N) is 4. The van der Waals surface area contributed by atoms with Crippen LogP contribution in [0, 0.1) is 0 Å². The molecule has 1 atom stereocenters. The number of aryl methyl sites for hydroxylation is 1. The predicted octanol–water partition coefficient (Wildman–Crippen LogP) is 1.64. The fourth-order valence-corrected chi connectivity index (χ4v) is 4.79. The number of anilines is 2. The lowest BCUT2D eigenvalue weighted by molar-refractivity contribution is 0.0918. The van der Waals surface area contributed by atoms with Crippen LogP contribution < -0.4 is 21.9 Å². The van der Waals surface area contributed by atoms with Crippen LogP contribution in [0.2, 0.25) is 5.02 Å². The lowest BCUT2D eigenvalue weighted by atomic mass is 9.99. The van der Waals surface area contributed by atoms with Crippen molar-refractivity contribution in [1.29, 1.82) is 0 Å². The van der Waals surface area contributed by atoms with Gasteiger partial charge in [0.1, 0.15) is 5.69 Å². The van der Waals surface area contributed by atoms with E-state index in [1.165, 1.54) is 10.6 Å². The first-order valence-corrected chi connectivity index (χ1v) is 11.9. The Morgan fingerprint density at radius 3 is 2.94 bits per heavy atom. The number of aliphatic hydroxyl groups excluding tert-OH is 1. The van der Waals surface area contributed by atoms with E-state index in [4.69, 9.17) is 17.3 Å². The van der Waals surface area contributed by atoms with Gasteiger partial charge in [0.05, 0.1) is 23.5 Å². The number of carbonyl (C=O) groups excluding carboxylic acids is 1. The van der Waals surface area contributed by atoms with Crippen molar-refractivity contribution in [1.82, 2.24) is 24.8 Å². The minimum atomic E-state index is -0.490. The highest BCUT2D eigenvalue weighted by Gasteiger charge is 2.24. The highest BCUT2D eigenvalue weighted by molar-refractivity contribution is 6.33. The number of aromatic nitrogens is 3. The second-order valence-electron chi connectivity index (χ2n) is 8.74. The van der Waals surface area contributed by atoms with Crippen molar-refractivity contribution in [3.63, 3.8) is 0 Å². The fourth-order valence-electron chi connectivity index (χ4n) is 4.48. The van der Waals surface area contributed by atoms with Crippen molar-refractivity contribution in [2.24, 2.45) is 0 Å². The molecule has 0 spiro atoms. The van der Waals surface area contributed by atoms with E-state index in [9.17, 15) is 14.7 Å². The Bertz CT molecular complexity index is 1340. The summed E-state index contributed by atoms with van der Waals surface area (Å²) in [5.41, 5.74) is 8.68. The molecule has 2 aliphatic rings. The summed E-state index contributed by atoms with van der Waals surface area (Å²) in [6.07, 6.45) is 3.65. The van der Waals surface area contributed by atoms with Gasteiger partial charge in [-0.3, -0.25) is 19.1 Å². The zero-order chi connectivity index (χ0) is 24.5. The summed E-state index contributed by atoms with van der Waals surface area (Å²) in [6, 6.07) is 8.46. The zero-order valence-corrected chi connectivity index (χ0v) is 19.8. The number of amides is 1. The number of likely N-dealkylation sites (tertiary alicyclic amines) is 1. The standard InChI is InChI=1S/C24H26ClN7O3/c25-17-11-15(10-14-4-3-7-27-19(14)17)20-23(32-8-2-1-5-18(32)34)30-22(26)21(29-20)24(35)28-13-31-9-6-16(33)12-31/h1-2,5,8,10-11,16,27,33H,3-4,6-7,9,12-13H2,(H2,26,30)(H,28,35). The molecule has 182 valence electrons. The molecular formula is C24H26ClN7O3. The Morgan fingerprint density at radius 2 is 2.17 bits per heavy atom. The van der Waals surface area contributed by atoms with Gasteiger partial charge < -0.3 is 21.5 Å². The summed E-state index contributed by atoms with van der Waals surface area (Å²) in [4.78, 5) is 36.6. The molecule has 0 bridgehead atoms. The number of rotatable bonds is 5. The molecule has 1 amide bonds. The van der Waals surface area contributed by atoms with Crippen LogP contribution in [0.15, 0.2) is 41.3 Å². The molecule has 1 fully saturated rings. The number of hydrogen-bond donors (Lipinski definition) is 4. The molecule has 11 heteroatoms. The van der Waals surface area contributed by atoms with Crippen LogP contribution in [0.4, 0.5) is 11.5 Å². The van der Waals surface area contributed by atoms with E-state index >= 15 is 0 Å². The van der Waals surface area contributed by atoms with Gasteiger partial charge in [-0.25, -0.2) is 9.97 Å². The number of β-amino-alcohol motifs (C(OH)–C–C–N with tert-alkyl or cyclic N) is 1. The van der Waals surface area contributed by atoms with E-state index in [1.54, 1.807) is 24.4 Å². The second kappa shape index (κ2) is 9.65. The van der Waals surface area contributed by atoms with Crippen LogP contribution >= 0.6 is 11.6 Å². The molecule has 0 radical (unpaired) electrons. The molecule has 0 aliphatic carbocycles. The highest BCUT2D eigenvalue weighted by Crippen LogP contribution is 2.36. The Balaban J connectivity index is 1.58. The third-order valence-corrected chi connectivity index (χ3v) is 6.55. The van der Waals surface area contributed by atoms with E-state index in [0.717, 1.165) is 30.6 Å². The molecule has 35 heavy (non-hydrogen) atoms. The molecule has 4 heterocycles. The average molecular weight is 496 g/mol. The number of fused-ring (bicyclic) bond motifs is 1. The van der Waals surface area contributed by atoms with Crippen molar-refractivity contribution >= 4 is 29.0 Å². The Kier molecular flexibility index (Phi) is 6.42. The second-order valence-corrected chi connectivity index (χ2v) is 9.15. The minimum Gasteiger partial charge on any atom is -0.392 e. The van der Waals surface area contributed by atoms with Crippen LogP contribution in [-0.2, 0) is 6.42 Å². The Hall–Kier alpha value is -3.47. The number of hydrogen-bond acceptors (Lipinski definition) is 8. The summed E-state index contributed by atoms with van der Waals surface area (Å²) in [5, 5.41) is 16.4. The van der Waals surface area contributed by atoms with Gasteiger partial charge in [-0.2, -0.15) is 0 Å². The first kappa shape index (κ1) is 23.3. The maximum atomic E-state index is 13.0. The van der Waals surface area contributed by atoms with Gasteiger partial charge in [0.2, 0.25) is 0 Å². The third-order valence-electron chi connectivity index (χ3n) is 6.25. The largest absolute Gasteiger partial charge is 0.392 e. The molecule has 10 nitrogen and oxygen atoms in total. The van der Waals surface area contributed by atoms with Crippen LogP contribution in [-0.4, -0.2) is 62.9 Å². The number of nitrogens with two attached hydrogens (primary N) is 1. The first-order chi connectivity index (χ1) is 16.9. The summed E-state index contributed by atoms with van der Waals surface area (Å²) in [7, 11) is 0. The molecule has 5 N–H and O–H groups in total. The minimum absolute atomic E-state index is 0.0422. The van der Waals surface area contributed by atoms with Gasteiger partial charge >= 0.3 is 0 Å². The molecular weight excluding hydrogens is 470 g/mol. The molecule has 2 aliphatic heterocycles. The number of nitrogen functional groups attached to an aromatic ring is 1. The predicted molar refractivity (Wildman–Crippen MR) is 134 cm³/mol. The van der Waals surface area contributed by atoms with E-state index in [0.29, 0.717) is 35.8 Å². The van der Waals surface area contributed by atoms with Crippen LogP contribution in [0.5, 0.6) is 0 Å². The quantitative estimate of drug-likeness (QED) is 0.419. The van der Waals surface area contributed by atoms with Gasteiger partial charge in [-0.15, -0.1) is 0 Å². The van der Waals surface area contributed by atoms with Gasteiger partial charge in [0, 0.05) is 37.5 Å². The number of benzene rings is 1. The Morgan fingerprint density at radius 1 is 1.31 bits per heavy atom. The SMILES string of the molecule is Nc1nc(-n2ccccc2=O)c(-c2cc(Cl)c3c(c2)CCCN3)nc1C(=O)NCN1CCC(O)C1. The van der Waals surface area contributed by atoms with Crippen molar-refractivity contribution < 1.29 is 9.90 Å². The third kappa shape index (κ3) is 4.72. The number of pyridine rings is 1. The molecule has 1 unspecified atom stereocenters. The number of carbonyl (C=O) groups is 1. The molecule has 5 rings (SSSR count). The summed E-state index contributed by atoms with van der Waals surface area (Å²) < 4.78 is 1.34. The van der Waals surface area contributed by atoms with Gasteiger partial charge in [0.25, 0.3) is 11.5 Å². The lowest BCUT2D eigenvalue weighted by Gasteiger charge is -2.21. The van der Waals surface area contributed by atoms with E-state index in [2.05, 4.69) is 20.6 Å². The summed E-state index contributed by atoms with van der Waals surface area (Å²) in [5.74, 6) is -0.369. The number of nitrogens with one attached hydrogen (secondary N) is 2. The topological polar surface area (TPSA) is 138 Å². The zero-order valence-electron chi connectivity index (χ0n) is 19.0. The van der Waals surface area contributed by atoms with Gasteiger partial charge in [0.15, 0.2) is 17.3 Å². The van der Waals surface area contributed by atoms with Crippen LogP contribution in [0.3, 0.4) is 0 Å². The van der Waals surface area contributed by atoms with E-state index < -0.39 is 12.0 Å². The summed E-state index contributed by atoms with van der Waals surface area (Å²) >= 11 is 6.59. The smallest absolute Gasteiger partial charge is 0.274 e. The molecule has 0 saturated carbocycles. The Labute approximate surface area is 206 Å². The highest BCUT2D eigenvalue weighted by atomic mass is 35.5. The molecule has 3 aromatic rings. The summed E-state index contributed by atoms with van der Waals surface area (Å²) in [6.45, 7) is 2.27. The normalized spacial score (nSPS) is 17.6. The molecule has 1 saturated heterocycles. The number of halogens is 1. The van der Waals surface area contributed by atoms with Crippen molar-refractivity contribution in [2.75, 3.05) is 37.4 Å². The van der Waals surface area contributed by atoms with Crippen LogP contribution in [0.25, 0.3) is 17.1 Å². The average Bonchev–Trinajstić information content (AvgIpc) is 3.27. The molecule has 1 aromatic carbocycles. The first-order valence-electron chi connectivity index (χ1n) is 11.5. The van der Waals surface area contributed by atoms with E-state index in [-0.39, 0.29) is 29.6 Å². The molecule has 2 aromatic heterocycles. The maximum Gasteiger partial charge on any atom is 0.274 e. The fraction of sp³-hybridized carbons (Fsp3) is 0.333.